The van der Waals surface area contributed by atoms with Crippen LogP contribution in [0.5, 0.6) is 0 Å². The Morgan fingerprint density at radius 1 is 1.00 bits per heavy atom. The van der Waals surface area contributed by atoms with E-state index in [0.717, 1.165) is 15.7 Å². The number of benzene rings is 2. The minimum atomic E-state index is -0.661. The number of carbonyl (C=O) groups is 1. The molecule has 2 aromatic carbocycles. The van der Waals surface area contributed by atoms with Gasteiger partial charge in [-0.05, 0) is 18.1 Å². The third kappa shape index (κ3) is 3.15. The van der Waals surface area contributed by atoms with Crippen LogP contribution in [-0.4, -0.2) is 21.8 Å². The Kier molecular flexibility index (Phi) is 4.61. The summed E-state index contributed by atoms with van der Waals surface area (Å²) in [7, 11) is 0. The molecule has 1 aromatic heterocycles. The highest BCUT2D eigenvalue weighted by atomic mass is 16.5. The van der Waals surface area contributed by atoms with Crippen LogP contribution in [0.25, 0.3) is 11.3 Å². The summed E-state index contributed by atoms with van der Waals surface area (Å²) in [6.45, 7) is 2.31. The molecule has 5 nitrogen and oxygen atoms in total. The third-order valence-electron chi connectivity index (χ3n) is 3.70. The molecule has 0 saturated heterocycles. The second-order valence-corrected chi connectivity index (χ2v) is 5.30. The van der Waals surface area contributed by atoms with Crippen molar-refractivity contribution in [3.63, 3.8) is 0 Å². The fourth-order valence-electron chi connectivity index (χ4n) is 2.56. The predicted molar refractivity (Wildman–Crippen MR) is 92.1 cm³/mol. The lowest BCUT2D eigenvalue weighted by Crippen LogP contribution is -2.30. The van der Waals surface area contributed by atoms with Gasteiger partial charge in [0.05, 0.1) is 18.8 Å². The summed E-state index contributed by atoms with van der Waals surface area (Å²) in [5, 5.41) is 0. The van der Waals surface area contributed by atoms with Crippen molar-refractivity contribution in [1.82, 2.24) is 9.13 Å². The molecule has 0 atom stereocenters. The van der Waals surface area contributed by atoms with E-state index in [1.54, 1.807) is 17.7 Å². The molecule has 0 saturated carbocycles. The molecule has 0 aliphatic carbocycles. The molecule has 24 heavy (non-hydrogen) atoms. The van der Waals surface area contributed by atoms with Crippen molar-refractivity contribution in [3.8, 4) is 11.3 Å². The Bertz CT molecular complexity index is 880. The topological polar surface area (TPSA) is 53.2 Å². The zero-order chi connectivity index (χ0) is 16.9. The first-order chi connectivity index (χ1) is 11.7. The third-order valence-corrected chi connectivity index (χ3v) is 3.70. The van der Waals surface area contributed by atoms with Gasteiger partial charge in [0.15, 0.2) is 0 Å². The van der Waals surface area contributed by atoms with Crippen molar-refractivity contribution in [2.45, 2.75) is 13.5 Å². The van der Waals surface area contributed by atoms with Gasteiger partial charge in [-0.2, -0.15) is 0 Å². The van der Waals surface area contributed by atoms with Crippen LogP contribution in [-0.2, 0) is 11.3 Å². The number of hydrogen-bond acceptors (Lipinski definition) is 3. The van der Waals surface area contributed by atoms with Crippen LogP contribution in [0.15, 0.2) is 71.7 Å². The largest absolute Gasteiger partial charge is 0.449 e. The SMILES string of the molecule is CCOC(=O)n1cc(-c2ccccc2)n(Cc2ccccc2)c1=O. The number of ether oxygens (including phenoxy) is 1. The smallest absolute Gasteiger partial charge is 0.422 e. The van der Waals surface area contributed by atoms with Crippen LogP contribution in [0.4, 0.5) is 4.79 Å². The van der Waals surface area contributed by atoms with Crippen molar-refractivity contribution in [3.05, 3.63) is 82.9 Å². The van der Waals surface area contributed by atoms with Gasteiger partial charge >= 0.3 is 11.8 Å². The lowest BCUT2D eigenvalue weighted by Gasteiger charge is -2.07. The molecule has 3 aromatic rings. The number of nitrogens with zero attached hydrogens (tertiary/aromatic N) is 2. The van der Waals surface area contributed by atoms with E-state index < -0.39 is 11.8 Å². The van der Waals surface area contributed by atoms with Crippen molar-refractivity contribution in [2.24, 2.45) is 0 Å². The summed E-state index contributed by atoms with van der Waals surface area (Å²) in [6, 6.07) is 19.2. The molecule has 5 heteroatoms. The molecule has 0 aliphatic rings. The lowest BCUT2D eigenvalue weighted by molar-refractivity contribution is 0.153. The summed E-state index contributed by atoms with van der Waals surface area (Å²) in [6.07, 6.45) is 0.880. The number of rotatable bonds is 4. The average Bonchev–Trinajstić information content (AvgIpc) is 2.94. The second-order valence-electron chi connectivity index (χ2n) is 5.30. The van der Waals surface area contributed by atoms with Crippen LogP contribution in [0.2, 0.25) is 0 Å². The maximum absolute atomic E-state index is 12.7. The Morgan fingerprint density at radius 3 is 2.25 bits per heavy atom. The van der Waals surface area contributed by atoms with Gasteiger partial charge in [0, 0.05) is 6.20 Å². The molecule has 0 amide bonds. The summed E-state index contributed by atoms with van der Waals surface area (Å²) in [5.41, 5.74) is 2.13. The van der Waals surface area contributed by atoms with Crippen LogP contribution in [0.1, 0.15) is 12.5 Å². The molecular weight excluding hydrogens is 304 g/mol. The monoisotopic (exact) mass is 322 g/mol. The highest BCUT2D eigenvalue weighted by Crippen LogP contribution is 2.19. The van der Waals surface area contributed by atoms with Gasteiger partial charge in [-0.3, -0.25) is 4.57 Å². The Morgan fingerprint density at radius 2 is 1.62 bits per heavy atom. The molecule has 0 bridgehead atoms. The average molecular weight is 322 g/mol. The lowest BCUT2D eigenvalue weighted by atomic mass is 10.1. The van der Waals surface area contributed by atoms with Gasteiger partial charge in [0.1, 0.15) is 0 Å². The van der Waals surface area contributed by atoms with Crippen molar-refractivity contribution < 1.29 is 9.53 Å². The quantitative estimate of drug-likeness (QED) is 0.740. The van der Waals surface area contributed by atoms with Crippen LogP contribution >= 0.6 is 0 Å². The molecule has 0 radical (unpaired) electrons. The van der Waals surface area contributed by atoms with E-state index in [1.165, 1.54) is 0 Å². The summed E-state index contributed by atoms with van der Waals surface area (Å²) in [5.74, 6) is 0. The maximum Gasteiger partial charge on any atom is 0.422 e. The minimum absolute atomic E-state index is 0.218. The second kappa shape index (κ2) is 7.00. The highest BCUT2D eigenvalue weighted by molar-refractivity contribution is 5.72. The molecule has 1 heterocycles. The molecule has 122 valence electrons. The molecule has 0 N–H and O–H groups in total. The molecular formula is C19H18N2O3. The van der Waals surface area contributed by atoms with E-state index in [2.05, 4.69) is 0 Å². The maximum atomic E-state index is 12.7. The van der Waals surface area contributed by atoms with E-state index in [-0.39, 0.29) is 6.61 Å². The number of carbonyl (C=O) groups excluding carboxylic acids is 1. The highest BCUT2D eigenvalue weighted by Gasteiger charge is 2.18. The fraction of sp³-hybridized carbons (Fsp3) is 0.158. The van der Waals surface area contributed by atoms with E-state index in [9.17, 15) is 9.59 Å². The Labute approximate surface area is 139 Å². The van der Waals surface area contributed by atoms with E-state index in [0.29, 0.717) is 12.2 Å². The normalized spacial score (nSPS) is 10.5. The first-order valence-electron chi connectivity index (χ1n) is 7.79. The number of hydrogen-bond donors (Lipinski definition) is 0. The number of imidazole rings is 1. The Hall–Kier alpha value is -3.08. The Balaban J connectivity index is 2.11. The molecule has 0 aliphatic heterocycles. The van der Waals surface area contributed by atoms with Crippen LogP contribution < -0.4 is 5.69 Å². The number of aromatic nitrogens is 2. The van der Waals surface area contributed by atoms with Gasteiger partial charge in [-0.15, -0.1) is 0 Å². The van der Waals surface area contributed by atoms with E-state index in [1.807, 2.05) is 60.7 Å². The van der Waals surface area contributed by atoms with Gasteiger partial charge < -0.3 is 4.74 Å². The van der Waals surface area contributed by atoms with Crippen LogP contribution in [0.3, 0.4) is 0 Å². The van der Waals surface area contributed by atoms with E-state index >= 15 is 0 Å². The zero-order valence-electron chi connectivity index (χ0n) is 13.4. The zero-order valence-corrected chi connectivity index (χ0v) is 13.4. The fourth-order valence-corrected chi connectivity index (χ4v) is 2.56. The molecule has 3 rings (SSSR count). The van der Waals surface area contributed by atoms with Crippen molar-refractivity contribution in [1.29, 1.82) is 0 Å². The summed E-state index contributed by atoms with van der Waals surface area (Å²) in [4.78, 5) is 24.8. The van der Waals surface area contributed by atoms with Gasteiger partial charge in [0.2, 0.25) is 0 Å². The molecule has 0 spiro atoms. The molecule has 0 unspecified atom stereocenters. The summed E-state index contributed by atoms with van der Waals surface area (Å²) >= 11 is 0. The van der Waals surface area contributed by atoms with Gasteiger partial charge in [-0.1, -0.05) is 60.7 Å². The van der Waals surface area contributed by atoms with Crippen molar-refractivity contribution in [2.75, 3.05) is 6.61 Å². The predicted octanol–water partition coefficient (Wildman–Crippen LogP) is 3.37. The minimum Gasteiger partial charge on any atom is -0.449 e. The van der Waals surface area contributed by atoms with Gasteiger partial charge in [-0.25, -0.2) is 14.2 Å². The van der Waals surface area contributed by atoms with Crippen molar-refractivity contribution >= 4 is 6.09 Å². The summed E-state index contributed by atoms with van der Waals surface area (Å²) < 4.78 is 7.58. The van der Waals surface area contributed by atoms with E-state index in [4.69, 9.17) is 4.74 Å². The standard InChI is InChI=1S/C19H18N2O3/c1-2-24-19(23)21-14-17(16-11-7-4-8-12-16)20(18(21)22)13-15-9-5-3-6-10-15/h3-12,14H,2,13H2,1H3. The molecule has 0 fully saturated rings. The van der Waals surface area contributed by atoms with Gasteiger partial charge in [0.25, 0.3) is 0 Å². The first kappa shape index (κ1) is 15.8. The van der Waals surface area contributed by atoms with Crippen LogP contribution in [0, 0.1) is 0 Å². The first-order valence-corrected chi connectivity index (χ1v) is 7.79.